The number of aromatic nitrogens is 2. The Balaban J connectivity index is 1.11. The minimum Gasteiger partial charge on any atom is -0.461 e. The van der Waals surface area contributed by atoms with Gasteiger partial charge in [0.15, 0.2) is 5.82 Å². The van der Waals surface area contributed by atoms with Crippen LogP contribution in [0.2, 0.25) is 5.02 Å². The van der Waals surface area contributed by atoms with E-state index >= 15 is 4.39 Å². The summed E-state index contributed by atoms with van der Waals surface area (Å²) in [6.07, 6.45) is 1.01. The molecule has 9 rings (SSSR count). The van der Waals surface area contributed by atoms with Gasteiger partial charge in [-0.3, -0.25) is 4.90 Å². The van der Waals surface area contributed by atoms with Gasteiger partial charge in [0.25, 0.3) is 0 Å². The number of nitrogen functional groups attached to an aromatic ring is 1. The molecule has 0 aliphatic carbocycles. The van der Waals surface area contributed by atoms with Crippen molar-refractivity contribution < 1.29 is 27.4 Å². The average Bonchev–Trinajstić information content (AvgIpc) is 3.76. The van der Waals surface area contributed by atoms with Crippen LogP contribution in [-0.2, 0) is 4.74 Å². The zero-order chi connectivity index (χ0) is 36.8. The number of likely N-dealkylation sites (tertiary alicyclic amines) is 2. The van der Waals surface area contributed by atoms with Crippen molar-refractivity contribution in [2.75, 3.05) is 76.2 Å². The Kier molecular flexibility index (Phi) is 8.05. The Hall–Kier alpha value is -4.61. The molecule has 0 unspecified atom stereocenters. The third kappa shape index (κ3) is 5.41. The molecule has 12 nitrogen and oxygen atoms in total. The molecule has 5 aliphatic heterocycles. The zero-order valence-electron chi connectivity index (χ0n) is 28.4. The van der Waals surface area contributed by atoms with Crippen molar-refractivity contribution >= 4 is 60.8 Å². The van der Waals surface area contributed by atoms with Gasteiger partial charge >= 0.3 is 12.0 Å². The molecule has 53 heavy (non-hydrogen) atoms. The molecule has 7 heterocycles. The molecule has 0 saturated carbocycles. The molecule has 4 aromatic rings. The van der Waals surface area contributed by atoms with Gasteiger partial charge in [-0.1, -0.05) is 17.7 Å². The highest BCUT2D eigenvalue weighted by atomic mass is 35.5. The average molecular weight is 764 g/mol. The van der Waals surface area contributed by atoms with Gasteiger partial charge in [-0.05, 0) is 37.1 Å². The summed E-state index contributed by atoms with van der Waals surface area (Å²) in [6.45, 7) is 3.70. The predicted molar refractivity (Wildman–Crippen MR) is 191 cm³/mol. The Bertz CT molecular complexity index is 2290. The van der Waals surface area contributed by atoms with E-state index in [1.165, 1.54) is 12.1 Å². The first-order valence-corrected chi connectivity index (χ1v) is 18.7. The van der Waals surface area contributed by atoms with Crippen molar-refractivity contribution in [2.24, 2.45) is 5.92 Å². The molecule has 5 aliphatic rings. The number of carbonyl (C=O) groups is 1. The second-order valence-electron chi connectivity index (χ2n) is 14.7. The van der Waals surface area contributed by atoms with E-state index in [2.05, 4.69) is 16.0 Å². The van der Waals surface area contributed by atoms with Crippen LogP contribution in [0.3, 0.4) is 0 Å². The molecule has 2 amide bonds. The van der Waals surface area contributed by atoms with E-state index in [0.29, 0.717) is 70.0 Å². The van der Waals surface area contributed by atoms with Crippen molar-refractivity contribution in [3.05, 3.63) is 40.4 Å². The highest BCUT2D eigenvalue weighted by Gasteiger charge is 2.52. The standard InChI is InChI=1S/C36H33ClF3N9O3S/c37-24-8-22-29(28(40)27(24)21-2-3-25(39)30-26(21)23(11-42)31(43)53-30)44-33(51-18-35-4-1-5-49(35)14-20(38)9-35)45-32(22)46-6-7-52-36(15-46)16-48(17-36)34(50)47-12-19(10-41)13-47/h2-3,8,19-20H,1,4-7,9,12-18,43H2/t20-,35+/m1/s1. The number of amides is 2. The normalized spacial score (nSPS) is 24.0. The number of fused-ring (bicyclic) bond motifs is 3. The fourth-order valence-electron chi connectivity index (χ4n) is 8.79. The maximum Gasteiger partial charge on any atom is 0.320 e. The lowest BCUT2D eigenvalue weighted by Gasteiger charge is -2.55. The summed E-state index contributed by atoms with van der Waals surface area (Å²) in [5.41, 5.74) is 4.90. The number of nitriles is 2. The molecule has 0 radical (unpaired) electrons. The molecular formula is C36H33ClF3N9O3S. The smallest absolute Gasteiger partial charge is 0.320 e. The van der Waals surface area contributed by atoms with Crippen LogP contribution in [0.5, 0.6) is 6.01 Å². The van der Waals surface area contributed by atoms with Crippen molar-refractivity contribution in [1.29, 1.82) is 10.5 Å². The van der Waals surface area contributed by atoms with Crippen molar-refractivity contribution in [3.63, 3.8) is 0 Å². The number of urea groups is 1. The summed E-state index contributed by atoms with van der Waals surface area (Å²) in [4.78, 5) is 29.8. The molecule has 2 atom stereocenters. The van der Waals surface area contributed by atoms with E-state index in [1.807, 2.05) is 11.0 Å². The maximum atomic E-state index is 17.2. The molecule has 1 spiro atoms. The summed E-state index contributed by atoms with van der Waals surface area (Å²) in [5, 5.41) is 19.6. The van der Waals surface area contributed by atoms with Gasteiger partial charge in [0, 0.05) is 48.9 Å². The molecular weight excluding hydrogens is 731 g/mol. The van der Waals surface area contributed by atoms with Crippen LogP contribution in [-0.4, -0.2) is 114 Å². The molecule has 274 valence electrons. The SMILES string of the molecule is N#Cc1c(N)sc2c(F)ccc(-c3c(Cl)cc4c(N5CCOC6(CN(C(=O)N7CC(C#N)C7)C6)C5)nc(OC[C@@]56CCCN5C[C@H](F)C6)nc4c3F)c12. The van der Waals surface area contributed by atoms with Crippen LogP contribution >= 0.6 is 22.9 Å². The van der Waals surface area contributed by atoms with E-state index in [4.69, 9.17) is 37.1 Å². The summed E-state index contributed by atoms with van der Waals surface area (Å²) < 4.78 is 59.3. The number of hydrogen-bond acceptors (Lipinski definition) is 11. The fourth-order valence-corrected chi connectivity index (χ4v) is 10.0. The molecule has 17 heteroatoms. The summed E-state index contributed by atoms with van der Waals surface area (Å²) in [7, 11) is 0. The monoisotopic (exact) mass is 763 g/mol. The Labute approximate surface area is 311 Å². The Morgan fingerprint density at radius 2 is 1.96 bits per heavy atom. The van der Waals surface area contributed by atoms with Crippen molar-refractivity contribution in [1.82, 2.24) is 24.7 Å². The minimum absolute atomic E-state index is 0.0101. The van der Waals surface area contributed by atoms with Gasteiger partial charge in [0.2, 0.25) is 0 Å². The van der Waals surface area contributed by atoms with E-state index in [-0.39, 0.29) is 66.9 Å². The maximum absolute atomic E-state index is 17.2. The van der Waals surface area contributed by atoms with Crippen molar-refractivity contribution in [2.45, 2.75) is 36.6 Å². The zero-order valence-corrected chi connectivity index (χ0v) is 30.0. The quantitative estimate of drug-likeness (QED) is 0.283. The van der Waals surface area contributed by atoms with Gasteiger partial charge in [0.05, 0.1) is 59.1 Å². The molecule has 5 saturated heterocycles. The van der Waals surface area contributed by atoms with Gasteiger partial charge in [0.1, 0.15) is 46.6 Å². The Morgan fingerprint density at radius 3 is 2.74 bits per heavy atom. The second-order valence-corrected chi connectivity index (χ2v) is 16.2. The largest absolute Gasteiger partial charge is 0.461 e. The van der Waals surface area contributed by atoms with Crippen LogP contribution in [0, 0.1) is 40.2 Å². The number of thiophene rings is 1. The van der Waals surface area contributed by atoms with Crippen LogP contribution in [0.25, 0.3) is 32.1 Å². The lowest BCUT2D eigenvalue weighted by molar-refractivity contribution is -0.137. The van der Waals surface area contributed by atoms with E-state index in [0.717, 1.165) is 30.7 Å². The molecule has 0 bridgehead atoms. The van der Waals surface area contributed by atoms with Gasteiger partial charge in [-0.25, -0.2) is 18.0 Å². The summed E-state index contributed by atoms with van der Waals surface area (Å²) in [5.74, 6) is -1.22. The molecule has 2 aromatic carbocycles. The number of carbonyl (C=O) groups excluding carboxylic acids is 1. The minimum atomic E-state index is -0.974. The number of nitrogens with zero attached hydrogens (tertiary/aromatic N) is 8. The molecule has 2 aromatic heterocycles. The van der Waals surface area contributed by atoms with Crippen LogP contribution < -0.4 is 15.4 Å². The first kappa shape index (κ1) is 34.2. The van der Waals surface area contributed by atoms with Crippen LogP contribution in [0.15, 0.2) is 18.2 Å². The second kappa shape index (κ2) is 12.5. The number of rotatable bonds is 5. The van der Waals surface area contributed by atoms with Crippen molar-refractivity contribution in [3.8, 4) is 29.3 Å². The lowest BCUT2D eigenvalue weighted by Crippen LogP contribution is -2.73. The van der Waals surface area contributed by atoms with E-state index in [1.54, 1.807) is 15.9 Å². The number of halogens is 4. The van der Waals surface area contributed by atoms with Gasteiger partial charge in [-0.2, -0.15) is 20.5 Å². The number of nitrogens with two attached hydrogens (primary N) is 1. The number of benzene rings is 2. The Morgan fingerprint density at radius 1 is 1.15 bits per heavy atom. The highest BCUT2D eigenvalue weighted by molar-refractivity contribution is 7.23. The van der Waals surface area contributed by atoms with Crippen LogP contribution in [0.4, 0.5) is 28.8 Å². The number of ether oxygens (including phenoxy) is 2. The van der Waals surface area contributed by atoms with E-state index in [9.17, 15) is 18.8 Å². The first-order chi connectivity index (χ1) is 25.5. The predicted octanol–water partition coefficient (Wildman–Crippen LogP) is 5.32. The third-order valence-electron chi connectivity index (χ3n) is 11.4. The lowest BCUT2D eigenvalue weighted by atomic mass is 9.91. The summed E-state index contributed by atoms with van der Waals surface area (Å²) in [6, 6.07) is 8.08. The number of anilines is 2. The molecule has 2 N–H and O–H groups in total. The summed E-state index contributed by atoms with van der Waals surface area (Å²) >= 11 is 7.79. The van der Waals surface area contributed by atoms with Crippen LogP contribution in [0.1, 0.15) is 24.8 Å². The number of hydrogen-bond donors (Lipinski definition) is 1. The fraction of sp³-hybridized carbons (Fsp3) is 0.472. The van der Waals surface area contributed by atoms with Gasteiger partial charge in [-0.15, -0.1) is 11.3 Å². The van der Waals surface area contributed by atoms with Gasteiger partial charge < -0.3 is 29.9 Å². The third-order valence-corrected chi connectivity index (χ3v) is 12.7. The topological polar surface area (TPSA) is 148 Å². The molecule has 5 fully saturated rings. The number of alkyl halides is 1. The highest BCUT2D eigenvalue weighted by Crippen LogP contribution is 2.47. The number of morpholine rings is 1. The first-order valence-electron chi connectivity index (χ1n) is 17.5. The van der Waals surface area contributed by atoms with E-state index < -0.39 is 28.9 Å².